The van der Waals surface area contributed by atoms with Crippen LogP contribution in [0.4, 0.5) is 0 Å². The zero-order chi connectivity index (χ0) is 18.4. The van der Waals surface area contributed by atoms with Gasteiger partial charge in [-0.25, -0.2) is 5.43 Å². The first-order valence-corrected chi connectivity index (χ1v) is 8.49. The van der Waals surface area contributed by atoms with Crippen LogP contribution in [0, 0.1) is 0 Å². The number of phenolic OH excluding ortho intramolecular Hbond substituents is 2. The summed E-state index contributed by atoms with van der Waals surface area (Å²) in [7, 11) is 1.55. The number of hydrogen-bond donors (Lipinski definition) is 3. The van der Waals surface area contributed by atoms with Crippen LogP contribution in [0.15, 0.2) is 44.4 Å². The third-order valence-electron chi connectivity index (χ3n) is 2.99. The van der Waals surface area contributed by atoms with E-state index in [1.165, 1.54) is 12.3 Å². The Morgan fingerprint density at radius 1 is 1.20 bits per heavy atom. The van der Waals surface area contributed by atoms with Crippen LogP contribution in [0.25, 0.3) is 0 Å². The summed E-state index contributed by atoms with van der Waals surface area (Å²) < 4.78 is 11.5. The molecule has 0 atom stereocenters. The van der Waals surface area contributed by atoms with E-state index in [1.54, 1.807) is 25.3 Å². The molecule has 3 N–H and O–H groups in total. The van der Waals surface area contributed by atoms with Crippen molar-refractivity contribution >= 4 is 44.0 Å². The molecule has 0 saturated heterocycles. The molecule has 0 radical (unpaired) electrons. The van der Waals surface area contributed by atoms with Crippen LogP contribution in [-0.2, 0) is 4.79 Å². The predicted molar refractivity (Wildman–Crippen MR) is 99.4 cm³/mol. The highest BCUT2D eigenvalue weighted by Crippen LogP contribution is 2.30. The number of aromatic hydroxyl groups is 2. The number of ether oxygens (including phenoxy) is 2. The first-order valence-electron chi connectivity index (χ1n) is 6.90. The van der Waals surface area contributed by atoms with Gasteiger partial charge in [0.25, 0.3) is 5.91 Å². The molecule has 0 saturated carbocycles. The molecule has 1 amide bonds. The first kappa shape index (κ1) is 19.1. The zero-order valence-electron chi connectivity index (χ0n) is 13.0. The van der Waals surface area contributed by atoms with Gasteiger partial charge < -0.3 is 19.7 Å². The SMILES string of the molecule is COc1ccc(OCC(=O)N/N=C/c2cc(Br)c(O)cc2O)c(Br)c1. The van der Waals surface area contributed by atoms with Gasteiger partial charge in [0, 0.05) is 11.6 Å². The normalized spacial score (nSPS) is 10.7. The largest absolute Gasteiger partial charge is 0.507 e. The number of rotatable bonds is 6. The van der Waals surface area contributed by atoms with Gasteiger partial charge in [-0.1, -0.05) is 0 Å². The van der Waals surface area contributed by atoms with Crippen LogP contribution in [0.5, 0.6) is 23.0 Å². The summed E-state index contributed by atoms with van der Waals surface area (Å²) in [5, 5.41) is 22.8. The number of benzene rings is 2. The fourth-order valence-corrected chi connectivity index (χ4v) is 2.58. The minimum absolute atomic E-state index is 0.0999. The predicted octanol–water partition coefficient (Wildman–Crippen LogP) is 3.16. The van der Waals surface area contributed by atoms with E-state index in [0.29, 0.717) is 26.0 Å². The van der Waals surface area contributed by atoms with Crippen LogP contribution < -0.4 is 14.9 Å². The summed E-state index contributed by atoms with van der Waals surface area (Å²) >= 11 is 6.45. The lowest BCUT2D eigenvalue weighted by atomic mass is 10.2. The molecule has 0 bridgehead atoms. The minimum Gasteiger partial charge on any atom is -0.507 e. The van der Waals surface area contributed by atoms with Gasteiger partial charge in [-0.2, -0.15) is 5.10 Å². The summed E-state index contributed by atoms with van der Waals surface area (Å²) in [6.07, 6.45) is 1.25. The number of methoxy groups -OCH3 is 1. The van der Waals surface area contributed by atoms with E-state index >= 15 is 0 Å². The van der Waals surface area contributed by atoms with Crippen molar-refractivity contribution in [3.8, 4) is 23.0 Å². The number of nitrogens with zero attached hydrogens (tertiary/aromatic N) is 1. The second-order valence-electron chi connectivity index (χ2n) is 4.74. The van der Waals surface area contributed by atoms with Gasteiger partial charge in [0.1, 0.15) is 23.0 Å². The van der Waals surface area contributed by atoms with Crippen molar-refractivity contribution in [3.63, 3.8) is 0 Å². The number of halogens is 2. The standard InChI is InChI=1S/C16H14Br2N2O5/c1-24-10-2-3-15(12(18)5-10)25-8-16(23)20-19-7-9-4-11(17)14(22)6-13(9)21/h2-7,21-22H,8H2,1H3,(H,20,23)/b19-7+. The minimum atomic E-state index is -0.476. The van der Waals surface area contributed by atoms with Gasteiger partial charge in [0.15, 0.2) is 6.61 Å². The molecule has 0 aliphatic heterocycles. The summed E-state index contributed by atoms with van der Waals surface area (Å²) in [6, 6.07) is 7.73. The zero-order valence-corrected chi connectivity index (χ0v) is 16.2. The molecule has 0 fully saturated rings. The smallest absolute Gasteiger partial charge is 0.277 e. The van der Waals surface area contributed by atoms with E-state index in [1.807, 2.05) is 0 Å². The molecule has 9 heteroatoms. The Hall–Kier alpha value is -2.26. The number of carbonyl (C=O) groups is 1. The lowest BCUT2D eigenvalue weighted by molar-refractivity contribution is -0.123. The quantitative estimate of drug-likeness (QED) is 0.442. The van der Waals surface area contributed by atoms with E-state index in [0.717, 1.165) is 6.07 Å². The number of hydrogen-bond acceptors (Lipinski definition) is 6. The van der Waals surface area contributed by atoms with Crippen LogP contribution in [-0.4, -0.2) is 36.1 Å². The van der Waals surface area contributed by atoms with Gasteiger partial charge in [0.2, 0.25) is 0 Å². The van der Waals surface area contributed by atoms with Crippen LogP contribution in [0.1, 0.15) is 5.56 Å². The maximum Gasteiger partial charge on any atom is 0.277 e. The molecule has 2 rings (SSSR count). The van der Waals surface area contributed by atoms with Gasteiger partial charge in [-0.3, -0.25) is 4.79 Å². The van der Waals surface area contributed by atoms with Crippen LogP contribution >= 0.6 is 31.9 Å². The van der Waals surface area contributed by atoms with Crippen molar-refractivity contribution < 1.29 is 24.5 Å². The Kier molecular flexibility index (Phi) is 6.65. The molecule has 132 valence electrons. The van der Waals surface area contributed by atoms with Crippen molar-refractivity contribution in [3.05, 3.63) is 44.8 Å². The Morgan fingerprint density at radius 2 is 1.96 bits per heavy atom. The molecule has 25 heavy (non-hydrogen) atoms. The maximum absolute atomic E-state index is 11.7. The monoisotopic (exact) mass is 472 g/mol. The van der Waals surface area contributed by atoms with E-state index < -0.39 is 5.91 Å². The fourth-order valence-electron chi connectivity index (χ4n) is 1.74. The Balaban J connectivity index is 1.90. The molecule has 2 aromatic carbocycles. The van der Waals surface area contributed by atoms with E-state index in [2.05, 4.69) is 42.4 Å². The molecule has 0 aliphatic rings. The molecule has 0 aromatic heterocycles. The molecule has 0 heterocycles. The topological polar surface area (TPSA) is 100 Å². The summed E-state index contributed by atoms with van der Waals surface area (Å²) in [4.78, 5) is 11.7. The third-order valence-corrected chi connectivity index (χ3v) is 4.24. The number of amides is 1. The van der Waals surface area contributed by atoms with Gasteiger partial charge in [-0.05, 0) is 56.1 Å². The number of nitrogens with one attached hydrogen (secondary N) is 1. The van der Waals surface area contributed by atoms with Crippen LogP contribution in [0.3, 0.4) is 0 Å². The summed E-state index contributed by atoms with van der Waals surface area (Å²) in [6.45, 7) is -0.243. The highest BCUT2D eigenvalue weighted by atomic mass is 79.9. The molecule has 7 nitrogen and oxygen atoms in total. The molecular weight excluding hydrogens is 460 g/mol. The van der Waals surface area contributed by atoms with Crippen molar-refractivity contribution in [2.75, 3.05) is 13.7 Å². The second kappa shape index (κ2) is 8.72. The summed E-state index contributed by atoms with van der Waals surface area (Å²) in [5.41, 5.74) is 2.60. The van der Waals surface area contributed by atoms with E-state index in [9.17, 15) is 15.0 Å². The third kappa shape index (κ3) is 5.36. The highest BCUT2D eigenvalue weighted by Gasteiger charge is 2.07. The number of carbonyl (C=O) groups excluding carboxylic acids is 1. The van der Waals surface area contributed by atoms with E-state index in [4.69, 9.17) is 9.47 Å². The average Bonchev–Trinajstić information content (AvgIpc) is 2.58. The Labute approximate surface area is 160 Å². The maximum atomic E-state index is 11.7. The van der Waals surface area contributed by atoms with E-state index in [-0.39, 0.29) is 18.1 Å². The lowest BCUT2D eigenvalue weighted by Crippen LogP contribution is -2.24. The first-order chi connectivity index (χ1) is 11.9. The Bertz CT molecular complexity index is 811. The highest BCUT2D eigenvalue weighted by molar-refractivity contribution is 9.10. The van der Waals surface area contributed by atoms with Crippen molar-refractivity contribution in [1.29, 1.82) is 0 Å². The molecule has 0 spiro atoms. The van der Waals surface area contributed by atoms with Gasteiger partial charge >= 0.3 is 0 Å². The molecule has 0 aliphatic carbocycles. The molecule has 0 unspecified atom stereocenters. The Morgan fingerprint density at radius 3 is 2.64 bits per heavy atom. The van der Waals surface area contributed by atoms with Crippen molar-refractivity contribution in [2.24, 2.45) is 5.10 Å². The lowest BCUT2D eigenvalue weighted by Gasteiger charge is -2.08. The van der Waals surface area contributed by atoms with Crippen molar-refractivity contribution in [2.45, 2.75) is 0 Å². The summed E-state index contributed by atoms with van der Waals surface area (Å²) in [5.74, 6) is 0.402. The van der Waals surface area contributed by atoms with Crippen molar-refractivity contribution in [1.82, 2.24) is 5.43 Å². The number of hydrazone groups is 1. The second-order valence-corrected chi connectivity index (χ2v) is 6.45. The van der Waals surface area contributed by atoms with Gasteiger partial charge in [0.05, 0.1) is 22.3 Å². The van der Waals surface area contributed by atoms with Crippen LogP contribution in [0.2, 0.25) is 0 Å². The van der Waals surface area contributed by atoms with Gasteiger partial charge in [-0.15, -0.1) is 0 Å². The number of phenols is 2. The molecular formula is C16H14Br2N2O5. The average molecular weight is 474 g/mol. The molecule has 2 aromatic rings. The fraction of sp³-hybridized carbons (Fsp3) is 0.125.